The van der Waals surface area contributed by atoms with Crippen molar-refractivity contribution < 1.29 is 14.3 Å². The molecule has 0 atom stereocenters. The Hall–Kier alpha value is -2.28. The molecule has 1 aromatic heterocycles. The van der Waals surface area contributed by atoms with E-state index in [-0.39, 0.29) is 0 Å². The average molecular weight is 265 g/mol. The predicted molar refractivity (Wildman–Crippen MR) is 68.1 cm³/mol. The zero-order chi connectivity index (χ0) is 13.1. The molecule has 0 bridgehead atoms. The van der Waals surface area contributed by atoms with Crippen LogP contribution in [0, 0.1) is 0 Å². The van der Waals surface area contributed by atoms with Crippen LogP contribution in [0.15, 0.2) is 24.4 Å². The van der Waals surface area contributed by atoms with E-state index in [2.05, 4.69) is 4.98 Å². The molecule has 2 aromatic rings. The van der Waals surface area contributed by atoms with Crippen molar-refractivity contribution in [3.63, 3.8) is 0 Å². The number of methoxy groups -OCH3 is 1. The first-order chi connectivity index (χ1) is 8.58. The summed E-state index contributed by atoms with van der Waals surface area (Å²) in [5.41, 5.74) is 11.1. The molecule has 18 heavy (non-hydrogen) atoms. The first-order valence-electron chi connectivity index (χ1n) is 4.96. The summed E-state index contributed by atoms with van der Waals surface area (Å²) in [6, 6.07) is 4.68. The number of nitrogens with two attached hydrogens (primary N) is 2. The largest absolute Gasteiger partial charge is 0.497 e. The molecule has 0 radical (unpaired) electrons. The quantitative estimate of drug-likeness (QED) is 0.874. The summed E-state index contributed by atoms with van der Waals surface area (Å²) < 4.78 is 10.5. The van der Waals surface area contributed by atoms with Crippen molar-refractivity contribution in [1.29, 1.82) is 0 Å². The molecule has 1 aromatic carbocycles. The van der Waals surface area contributed by atoms with Gasteiger partial charge in [-0.15, -0.1) is 0 Å². The van der Waals surface area contributed by atoms with Crippen molar-refractivity contribution in [2.24, 2.45) is 5.73 Å². The third-order valence-corrected chi connectivity index (χ3v) is 2.81. The topological polar surface area (TPSA) is 100 Å². The molecule has 4 N–H and O–H groups in total. The van der Waals surface area contributed by atoms with Crippen molar-refractivity contribution in [2.75, 3.05) is 12.8 Å². The maximum absolute atomic E-state index is 11.2. The van der Waals surface area contributed by atoms with Gasteiger partial charge in [0.05, 0.1) is 13.3 Å². The number of thiazole rings is 1. The van der Waals surface area contributed by atoms with Gasteiger partial charge in [0.1, 0.15) is 16.5 Å². The number of carbonyl (C=O) groups excluding carboxylic acids is 1. The number of benzene rings is 1. The van der Waals surface area contributed by atoms with Gasteiger partial charge in [0.15, 0.2) is 0 Å². The van der Waals surface area contributed by atoms with Crippen LogP contribution >= 0.6 is 11.3 Å². The van der Waals surface area contributed by atoms with Crippen molar-refractivity contribution in [3.05, 3.63) is 30.0 Å². The normalized spacial score (nSPS) is 10.1. The Labute approximate surface area is 107 Å². The Balaban J connectivity index is 2.32. The maximum Gasteiger partial charge on any atom is 0.280 e. The molecule has 0 aliphatic rings. The summed E-state index contributed by atoms with van der Waals surface area (Å²) in [4.78, 5) is 15.1. The lowest BCUT2D eigenvalue weighted by Gasteiger charge is -2.06. The number of ether oxygens (including phenoxy) is 2. The number of nitrogens with zero attached hydrogens (tertiary/aromatic N) is 1. The minimum absolute atomic E-state index is 0.300. The van der Waals surface area contributed by atoms with E-state index in [0.29, 0.717) is 27.3 Å². The molecule has 0 aliphatic carbocycles. The summed E-state index contributed by atoms with van der Waals surface area (Å²) in [7, 11) is 1.49. The van der Waals surface area contributed by atoms with E-state index in [4.69, 9.17) is 20.9 Å². The minimum Gasteiger partial charge on any atom is -0.497 e. The van der Waals surface area contributed by atoms with Crippen LogP contribution in [0.2, 0.25) is 0 Å². The van der Waals surface area contributed by atoms with Gasteiger partial charge in [-0.05, 0) is 12.1 Å². The van der Waals surface area contributed by atoms with Crippen molar-refractivity contribution in [2.45, 2.75) is 0 Å². The summed E-state index contributed by atoms with van der Waals surface area (Å²) in [5, 5.41) is 0.930. The highest BCUT2D eigenvalue weighted by molar-refractivity contribution is 7.17. The number of carbonyl (C=O) groups is 1. The van der Waals surface area contributed by atoms with Crippen molar-refractivity contribution in [1.82, 2.24) is 4.98 Å². The van der Waals surface area contributed by atoms with Crippen LogP contribution in [0.4, 0.5) is 5.00 Å². The molecule has 6 nitrogen and oxygen atoms in total. The van der Waals surface area contributed by atoms with Crippen LogP contribution in [0.5, 0.6) is 16.7 Å². The zero-order valence-electron chi connectivity index (χ0n) is 9.54. The van der Waals surface area contributed by atoms with Gasteiger partial charge in [0.25, 0.3) is 5.19 Å². The molecule has 7 heteroatoms. The third-order valence-electron chi connectivity index (χ3n) is 2.11. The van der Waals surface area contributed by atoms with Gasteiger partial charge in [-0.25, -0.2) is 4.98 Å². The molecule has 0 fully saturated rings. The van der Waals surface area contributed by atoms with Crippen LogP contribution in [0.25, 0.3) is 0 Å². The van der Waals surface area contributed by atoms with E-state index in [1.165, 1.54) is 36.8 Å². The first-order valence-corrected chi connectivity index (χ1v) is 5.78. The molecular weight excluding hydrogens is 254 g/mol. The van der Waals surface area contributed by atoms with E-state index in [9.17, 15) is 4.79 Å². The Morgan fingerprint density at radius 1 is 1.33 bits per heavy atom. The smallest absolute Gasteiger partial charge is 0.280 e. The van der Waals surface area contributed by atoms with Crippen molar-refractivity contribution in [3.8, 4) is 16.7 Å². The van der Waals surface area contributed by atoms with Crippen LogP contribution in [0.3, 0.4) is 0 Å². The standard InChI is InChI=1S/C11H11N3O3S/c1-16-7-2-6(10(13)15)3-8(4-7)17-11-14-5-9(12)18-11/h2-5H,12H2,1H3,(H2,13,15). The van der Waals surface area contributed by atoms with Crippen LogP contribution < -0.4 is 20.9 Å². The number of nitrogen functional groups attached to an aromatic ring is 1. The van der Waals surface area contributed by atoms with Gasteiger partial charge in [0.2, 0.25) is 5.91 Å². The summed E-state index contributed by atoms with van der Waals surface area (Å²) in [5.74, 6) is 0.334. The molecule has 2 rings (SSSR count). The van der Waals surface area contributed by atoms with Gasteiger partial charge in [-0.1, -0.05) is 11.3 Å². The lowest BCUT2D eigenvalue weighted by Crippen LogP contribution is -2.11. The van der Waals surface area contributed by atoms with E-state index in [1.807, 2.05) is 0 Å². The first kappa shape index (κ1) is 12.2. The number of hydrogen-bond acceptors (Lipinski definition) is 6. The number of amides is 1. The van der Waals surface area contributed by atoms with Crippen molar-refractivity contribution >= 4 is 22.2 Å². The highest BCUT2D eigenvalue weighted by atomic mass is 32.1. The molecular formula is C11H11N3O3S. The summed E-state index contributed by atoms with van der Waals surface area (Å²) in [6.45, 7) is 0. The maximum atomic E-state index is 11.2. The Bertz CT molecular complexity index is 583. The molecule has 0 aliphatic heterocycles. The molecule has 0 spiro atoms. The fourth-order valence-electron chi connectivity index (χ4n) is 1.31. The Morgan fingerprint density at radius 3 is 2.61 bits per heavy atom. The highest BCUT2D eigenvalue weighted by Crippen LogP contribution is 2.30. The Morgan fingerprint density at radius 2 is 2.06 bits per heavy atom. The second-order valence-electron chi connectivity index (χ2n) is 3.39. The second-order valence-corrected chi connectivity index (χ2v) is 4.42. The number of aromatic nitrogens is 1. The van der Waals surface area contributed by atoms with Crippen LogP contribution in [-0.4, -0.2) is 18.0 Å². The SMILES string of the molecule is COc1cc(Oc2ncc(N)s2)cc(C(N)=O)c1. The summed E-state index contributed by atoms with van der Waals surface area (Å²) >= 11 is 1.20. The number of rotatable bonds is 4. The fourth-order valence-corrected chi connectivity index (χ4v) is 1.86. The average Bonchev–Trinajstić information content (AvgIpc) is 2.74. The molecule has 94 valence electrons. The highest BCUT2D eigenvalue weighted by Gasteiger charge is 2.09. The van der Waals surface area contributed by atoms with E-state index >= 15 is 0 Å². The van der Waals surface area contributed by atoms with Gasteiger partial charge >= 0.3 is 0 Å². The number of anilines is 1. The predicted octanol–water partition coefficient (Wildman–Crippen LogP) is 1.63. The lowest BCUT2D eigenvalue weighted by molar-refractivity contribution is 0.0999. The van der Waals surface area contributed by atoms with E-state index in [1.54, 1.807) is 6.07 Å². The monoisotopic (exact) mass is 265 g/mol. The number of hydrogen-bond donors (Lipinski definition) is 2. The molecule has 0 saturated heterocycles. The van der Waals surface area contributed by atoms with Gasteiger partial charge in [-0.2, -0.15) is 0 Å². The fraction of sp³-hybridized carbons (Fsp3) is 0.0909. The molecule has 0 saturated carbocycles. The van der Waals surface area contributed by atoms with Gasteiger partial charge in [0, 0.05) is 11.6 Å². The minimum atomic E-state index is -0.558. The number of primary amides is 1. The zero-order valence-corrected chi connectivity index (χ0v) is 10.4. The van der Waals surface area contributed by atoms with Crippen LogP contribution in [-0.2, 0) is 0 Å². The third kappa shape index (κ3) is 2.69. The van der Waals surface area contributed by atoms with E-state index < -0.39 is 5.91 Å². The van der Waals surface area contributed by atoms with Crippen LogP contribution in [0.1, 0.15) is 10.4 Å². The van der Waals surface area contributed by atoms with Gasteiger partial charge < -0.3 is 20.9 Å². The lowest BCUT2D eigenvalue weighted by atomic mass is 10.2. The molecule has 1 amide bonds. The molecule has 0 unspecified atom stereocenters. The summed E-state index contributed by atoms with van der Waals surface area (Å²) in [6.07, 6.45) is 1.50. The van der Waals surface area contributed by atoms with Gasteiger partial charge in [-0.3, -0.25) is 4.79 Å². The van der Waals surface area contributed by atoms with E-state index in [0.717, 1.165) is 0 Å². The second kappa shape index (κ2) is 4.92. The Kier molecular flexibility index (Phi) is 3.33. The molecule has 1 heterocycles.